The number of hydrazone groups is 1. The van der Waals surface area contributed by atoms with Gasteiger partial charge in [0.05, 0.1) is 19.9 Å². The SMILES string of the molecule is COc1ccc(OCC(O)Cn2c(NN=Cc3ccc(Br)cc3)nc3c2c(=O)n(C)c(=O)n3C)cc1. The quantitative estimate of drug-likeness (QED) is 0.239. The van der Waals surface area contributed by atoms with E-state index in [1.165, 1.54) is 23.2 Å². The van der Waals surface area contributed by atoms with Crippen LogP contribution in [0, 0.1) is 0 Å². The van der Waals surface area contributed by atoms with Gasteiger partial charge in [0.25, 0.3) is 5.56 Å². The van der Waals surface area contributed by atoms with E-state index >= 15 is 0 Å². The molecule has 0 fully saturated rings. The van der Waals surface area contributed by atoms with Gasteiger partial charge in [-0.05, 0) is 42.0 Å². The number of halogens is 1. The molecule has 0 radical (unpaired) electrons. The molecule has 2 N–H and O–H groups in total. The Bertz CT molecular complexity index is 1510. The van der Waals surface area contributed by atoms with Crippen molar-refractivity contribution in [2.75, 3.05) is 19.1 Å². The first-order chi connectivity index (χ1) is 17.3. The molecule has 2 aromatic carbocycles. The minimum absolute atomic E-state index is 0.0315. The Morgan fingerprint density at radius 3 is 2.42 bits per heavy atom. The normalized spacial score (nSPS) is 12.2. The molecule has 2 heterocycles. The van der Waals surface area contributed by atoms with Crippen molar-refractivity contribution >= 4 is 39.3 Å². The zero-order chi connectivity index (χ0) is 25.8. The number of aryl methyl sites for hydroxylation is 1. The summed E-state index contributed by atoms with van der Waals surface area (Å²) in [6.07, 6.45) is 0.596. The molecule has 0 aliphatic carbocycles. The Morgan fingerprint density at radius 1 is 1.08 bits per heavy atom. The van der Waals surface area contributed by atoms with E-state index in [1.54, 1.807) is 37.6 Å². The molecule has 36 heavy (non-hydrogen) atoms. The van der Waals surface area contributed by atoms with E-state index in [0.29, 0.717) is 11.5 Å². The number of anilines is 1. The van der Waals surface area contributed by atoms with Crippen LogP contribution in [0.2, 0.25) is 0 Å². The number of methoxy groups -OCH3 is 1. The Labute approximate surface area is 214 Å². The maximum atomic E-state index is 13.0. The van der Waals surface area contributed by atoms with Gasteiger partial charge in [-0.2, -0.15) is 10.1 Å². The lowest BCUT2D eigenvalue weighted by molar-refractivity contribution is 0.0938. The van der Waals surface area contributed by atoms with Crippen molar-refractivity contribution in [3.8, 4) is 11.5 Å². The molecule has 0 bridgehead atoms. The number of imidazole rings is 1. The van der Waals surface area contributed by atoms with Gasteiger partial charge in [-0.1, -0.05) is 28.1 Å². The first kappa shape index (κ1) is 25.2. The lowest BCUT2D eigenvalue weighted by atomic mass is 10.2. The summed E-state index contributed by atoms with van der Waals surface area (Å²) in [6.45, 7) is -0.0735. The van der Waals surface area contributed by atoms with Crippen LogP contribution in [0.25, 0.3) is 11.2 Å². The highest BCUT2D eigenvalue weighted by Gasteiger charge is 2.21. The van der Waals surface area contributed by atoms with E-state index in [4.69, 9.17) is 9.47 Å². The summed E-state index contributed by atoms with van der Waals surface area (Å²) in [4.78, 5) is 29.8. The zero-order valence-electron chi connectivity index (χ0n) is 19.9. The van der Waals surface area contributed by atoms with Crippen LogP contribution in [-0.4, -0.2) is 49.8 Å². The molecule has 188 valence electrons. The zero-order valence-corrected chi connectivity index (χ0v) is 21.5. The van der Waals surface area contributed by atoms with Crippen LogP contribution in [0.1, 0.15) is 5.56 Å². The summed E-state index contributed by atoms with van der Waals surface area (Å²) in [5.74, 6) is 1.44. The Hall–Kier alpha value is -3.90. The second-order valence-corrected chi connectivity index (χ2v) is 8.90. The fourth-order valence-electron chi connectivity index (χ4n) is 3.55. The topological polar surface area (TPSA) is 125 Å². The summed E-state index contributed by atoms with van der Waals surface area (Å²) in [6, 6.07) is 14.5. The largest absolute Gasteiger partial charge is 0.497 e. The number of aliphatic hydroxyl groups excluding tert-OH is 1. The number of hydrogen-bond acceptors (Lipinski definition) is 8. The molecule has 1 atom stereocenters. The van der Waals surface area contributed by atoms with E-state index in [9.17, 15) is 14.7 Å². The third kappa shape index (κ3) is 5.34. The average Bonchev–Trinajstić information content (AvgIpc) is 3.24. The number of rotatable bonds is 9. The van der Waals surface area contributed by atoms with E-state index in [0.717, 1.165) is 14.6 Å². The van der Waals surface area contributed by atoms with Gasteiger partial charge in [-0.3, -0.25) is 13.9 Å². The number of ether oxygens (including phenoxy) is 2. The molecule has 4 aromatic rings. The van der Waals surface area contributed by atoms with Crippen LogP contribution in [0.5, 0.6) is 11.5 Å². The van der Waals surface area contributed by atoms with Gasteiger partial charge in [0, 0.05) is 18.6 Å². The number of nitrogens with one attached hydrogen (secondary N) is 1. The Morgan fingerprint density at radius 2 is 1.75 bits per heavy atom. The van der Waals surface area contributed by atoms with E-state index in [2.05, 4.69) is 31.4 Å². The van der Waals surface area contributed by atoms with Crippen LogP contribution < -0.4 is 26.1 Å². The third-order valence-corrected chi connectivity index (χ3v) is 6.02. The fraction of sp³-hybridized carbons (Fsp3) is 0.250. The fourth-order valence-corrected chi connectivity index (χ4v) is 3.82. The molecule has 0 saturated carbocycles. The number of aromatic nitrogens is 4. The molecule has 0 aliphatic rings. The Kier molecular flexibility index (Phi) is 7.55. The third-order valence-electron chi connectivity index (χ3n) is 5.49. The van der Waals surface area contributed by atoms with Gasteiger partial charge in [-0.25, -0.2) is 10.2 Å². The van der Waals surface area contributed by atoms with Crippen molar-refractivity contribution in [1.82, 2.24) is 18.7 Å². The molecule has 12 heteroatoms. The van der Waals surface area contributed by atoms with E-state index < -0.39 is 17.4 Å². The lowest BCUT2D eigenvalue weighted by Gasteiger charge is -2.15. The highest BCUT2D eigenvalue weighted by atomic mass is 79.9. The highest BCUT2D eigenvalue weighted by Crippen LogP contribution is 2.19. The van der Waals surface area contributed by atoms with E-state index in [-0.39, 0.29) is 30.3 Å². The standard InChI is InChI=1S/C24H25BrN6O5/c1-29-21-20(22(33)30(2)24(29)34)31(13-17(32)14-36-19-10-8-18(35-3)9-11-19)23(27-21)28-26-12-15-4-6-16(25)7-5-15/h4-12,17,32H,13-14H2,1-3H3,(H,27,28). The van der Waals surface area contributed by atoms with Crippen molar-refractivity contribution in [2.24, 2.45) is 19.2 Å². The van der Waals surface area contributed by atoms with Gasteiger partial charge >= 0.3 is 5.69 Å². The summed E-state index contributed by atoms with van der Waals surface area (Å²) in [5, 5.41) is 15.0. The van der Waals surface area contributed by atoms with Gasteiger partial charge in [0.15, 0.2) is 11.2 Å². The molecule has 0 spiro atoms. The molecule has 0 saturated heterocycles. The summed E-state index contributed by atoms with van der Waals surface area (Å²) >= 11 is 3.39. The molecular formula is C24H25BrN6O5. The summed E-state index contributed by atoms with van der Waals surface area (Å²) in [7, 11) is 4.49. The summed E-state index contributed by atoms with van der Waals surface area (Å²) in [5.41, 5.74) is 2.96. The Balaban J connectivity index is 1.62. The van der Waals surface area contributed by atoms with Crippen molar-refractivity contribution in [3.63, 3.8) is 0 Å². The molecule has 1 unspecified atom stereocenters. The first-order valence-corrected chi connectivity index (χ1v) is 11.7. The van der Waals surface area contributed by atoms with Gasteiger partial charge in [0.2, 0.25) is 5.95 Å². The number of nitrogens with zero attached hydrogens (tertiary/aromatic N) is 5. The molecule has 4 rings (SSSR count). The minimum atomic E-state index is -0.998. The first-order valence-electron chi connectivity index (χ1n) is 10.9. The molecular weight excluding hydrogens is 532 g/mol. The monoisotopic (exact) mass is 556 g/mol. The van der Waals surface area contributed by atoms with Gasteiger partial charge in [-0.15, -0.1) is 0 Å². The van der Waals surface area contributed by atoms with E-state index in [1.807, 2.05) is 24.3 Å². The maximum absolute atomic E-state index is 13.0. The predicted octanol–water partition coefficient (Wildman–Crippen LogP) is 2.09. The summed E-state index contributed by atoms with van der Waals surface area (Å²) < 4.78 is 15.5. The molecule has 0 aliphatic heterocycles. The number of benzene rings is 2. The second kappa shape index (κ2) is 10.8. The number of hydrogen-bond donors (Lipinski definition) is 2. The maximum Gasteiger partial charge on any atom is 0.332 e. The van der Waals surface area contributed by atoms with Crippen molar-refractivity contribution in [3.05, 3.63) is 79.4 Å². The van der Waals surface area contributed by atoms with Crippen LogP contribution in [0.15, 0.2) is 67.7 Å². The van der Waals surface area contributed by atoms with Crippen molar-refractivity contribution < 1.29 is 14.6 Å². The van der Waals surface area contributed by atoms with Crippen molar-refractivity contribution in [2.45, 2.75) is 12.6 Å². The van der Waals surface area contributed by atoms with Crippen LogP contribution >= 0.6 is 15.9 Å². The lowest BCUT2D eigenvalue weighted by Crippen LogP contribution is -2.38. The highest BCUT2D eigenvalue weighted by molar-refractivity contribution is 9.10. The van der Waals surface area contributed by atoms with Crippen LogP contribution in [0.3, 0.4) is 0 Å². The second-order valence-electron chi connectivity index (χ2n) is 7.99. The average molecular weight is 557 g/mol. The van der Waals surface area contributed by atoms with Crippen LogP contribution in [0.4, 0.5) is 5.95 Å². The molecule has 2 aromatic heterocycles. The predicted molar refractivity (Wildman–Crippen MR) is 140 cm³/mol. The smallest absolute Gasteiger partial charge is 0.332 e. The van der Waals surface area contributed by atoms with Crippen molar-refractivity contribution in [1.29, 1.82) is 0 Å². The minimum Gasteiger partial charge on any atom is -0.497 e. The van der Waals surface area contributed by atoms with Gasteiger partial charge < -0.3 is 19.1 Å². The number of aliphatic hydroxyl groups is 1. The number of fused-ring (bicyclic) bond motifs is 1. The molecule has 0 amide bonds. The van der Waals surface area contributed by atoms with Crippen LogP contribution in [-0.2, 0) is 20.6 Å². The molecule has 11 nitrogen and oxygen atoms in total. The van der Waals surface area contributed by atoms with Gasteiger partial charge in [0.1, 0.15) is 24.2 Å².